The van der Waals surface area contributed by atoms with Gasteiger partial charge in [-0.15, -0.1) is 34.4 Å². The molecule has 2 atom stereocenters. The average Bonchev–Trinajstić information content (AvgIpc) is 3.35. The Morgan fingerprint density at radius 2 is 1.89 bits per heavy atom. The van der Waals surface area contributed by atoms with Crippen molar-refractivity contribution >= 4 is 51.3 Å². The van der Waals surface area contributed by atoms with E-state index in [1.807, 2.05) is 13.0 Å². The van der Waals surface area contributed by atoms with Gasteiger partial charge in [-0.25, -0.2) is 4.79 Å². The van der Waals surface area contributed by atoms with Crippen LogP contribution < -0.4 is 5.32 Å². The fourth-order valence-corrected chi connectivity index (χ4v) is 9.53. The van der Waals surface area contributed by atoms with E-state index < -0.39 is 5.25 Å². The Kier molecular flexibility index (Phi) is 8.57. The molecule has 0 saturated carbocycles. The zero-order valence-corrected chi connectivity index (χ0v) is 24.3. The number of nitrogens with zero attached hydrogens (tertiary/aromatic N) is 1. The van der Waals surface area contributed by atoms with Gasteiger partial charge in [0.2, 0.25) is 5.91 Å². The van der Waals surface area contributed by atoms with Crippen molar-refractivity contribution < 1.29 is 14.3 Å². The van der Waals surface area contributed by atoms with Crippen molar-refractivity contribution in [2.24, 2.45) is 0 Å². The number of amides is 1. The summed E-state index contributed by atoms with van der Waals surface area (Å²) in [6, 6.07) is 13.0. The van der Waals surface area contributed by atoms with Crippen molar-refractivity contribution in [3.63, 3.8) is 0 Å². The zero-order valence-electron chi connectivity index (χ0n) is 21.8. The Morgan fingerprint density at radius 1 is 1.11 bits per heavy atom. The van der Waals surface area contributed by atoms with Gasteiger partial charge < -0.3 is 10.1 Å². The number of thioether (sulfide) groups is 1. The summed E-state index contributed by atoms with van der Waals surface area (Å²) in [5.74, 6) is -0.0506. The molecule has 2 heterocycles. The predicted octanol–water partition coefficient (Wildman–Crippen LogP) is 7.52. The Balaban J connectivity index is 1.33. The van der Waals surface area contributed by atoms with E-state index >= 15 is 0 Å². The van der Waals surface area contributed by atoms with Crippen LogP contribution in [0.25, 0.3) is 0 Å². The number of rotatable bonds is 7. The van der Waals surface area contributed by atoms with Gasteiger partial charge >= 0.3 is 5.97 Å². The third-order valence-electron chi connectivity index (χ3n) is 7.41. The number of hydrogen-bond donors (Lipinski definition) is 1. The molecule has 2 aliphatic rings. The first-order valence-electron chi connectivity index (χ1n) is 13.4. The average molecular weight is 565 g/mol. The fourth-order valence-electron chi connectivity index (χ4n) is 5.44. The number of esters is 1. The molecule has 38 heavy (non-hydrogen) atoms. The van der Waals surface area contributed by atoms with Crippen LogP contribution in [-0.2, 0) is 35.2 Å². The van der Waals surface area contributed by atoms with Crippen LogP contribution in [0.4, 0.5) is 5.00 Å². The minimum absolute atomic E-state index is 0.158. The first-order chi connectivity index (χ1) is 18.5. The SMILES string of the molecule is CCOC(=O)c1c(NC(=O)C(C)Sc2sc3c(c2C#N)CCC(c2ccccc2)C3)sc2c1CCCCC2. The highest BCUT2D eigenvalue weighted by Crippen LogP contribution is 2.45. The molecule has 5 rings (SSSR count). The van der Waals surface area contributed by atoms with Gasteiger partial charge in [-0.1, -0.05) is 36.8 Å². The molecule has 0 spiro atoms. The number of hydrogen-bond acceptors (Lipinski definition) is 7. The molecule has 2 unspecified atom stereocenters. The second-order valence-electron chi connectivity index (χ2n) is 9.87. The molecule has 0 radical (unpaired) electrons. The number of thiophene rings is 2. The van der Waals surface area contributed by atoms with E-state index in [1.165, 1.54) is 38.4 Å². The number of aryl methyl sites for hydroxylation is 1. The molecule has 1 N–H and O–H groups in total. The number of benzene rings is 1. The molecule has 3 aromatic rings. The third kappa shape index (κ3) is 5.56. The summed E-state index contributed by atoms with van der Waals surface area (Å²) in [6.07, 6.45) is 7.92. The van der Waals surface area contributed by atoms with Gasteiger partial charge in [0.15, 0.2) is 0 Å². The molecule has 1 amide bonds. The van der Waals surface area contributed by atoms with Crippen molar-refractivity contribution in [3.05, 3.63) is 67.9 Å². The molecule has 1 aromatic carbocycles. The molecule has 2 aromatic heterocycles. The minimum atomic E-state index is -0.413. The van der Waals surface area contributed by atoms with Gasteiger partial charge in [-0.3, -0.25) is 4.79 Å². The maximum Gasteiger partial charge on any atom is 0.341 e. The third-order valence-corrected chi connectivity index (χ3v) is 11.2. The monoisotopic (exact) mass is 564 g/mol. The van der Waals surface area contributed by atoms with Gasteiger partial charge in [0.05, 0.1) is 27.2 Å². The number of nitrogens with one attached hydrogen (secondary N) is 1. The van der Waals surface area contributed by atoms with Crippen molar-refractivity contribution in [2.75, 3.05) is 11.9 Å². The van der Waals surface area contributed by atoms with E-state index in [1.54, 1.807) is 18.3 Å². The highest BCUT2D eigenvalue weighted by molar-refractivity contribution is 8.02. The van der Waals surface area contributed by atoms with Crippen LogP contribution in [0.5, 0.6) is 0 Å². The largest absolute Gasteiger partial charge is 0.462 e. The van der Waals surface area contributed by atoms with Crippen LogP contribution in [0.15, 0.2) is 34.5 Å². The van der Waals surface area contributed by atoms with E-state index in [0.717, 1.165) is 72.3 Å². The van der Waals surface area contributed by atoms with Crippen LogP contribution in [0.2, 0.25) is 0 Å². The van der Waals surface area contributed by atoms with Crippen molar-refractivity contribution in [3.8, 4) is 6.07 Å². The van der Waals surface area contributed by atoms with Crippen molar-refractivity contribution in [1.29, 1.82) is 5.26 Å². The lowest BCUT2D eigenvalue weighted by Crippen LogP contribution is -2.23. The van der Waals surface area contributed by atoms with Gasteiger partial charge in [0.1, 0.15) is 11.1 Å². The number of carbonyl (C=O) groups excluding carboxylic acids is 2. The molecule has 0 aliphatic heterocycles. The topological polar surface area (TPSA) is 79.2 Å². The van der Waals surface area contributed by atoms with Gasteiger partial charge in [-0.05, 0) is 81.4 Å². The zero-order chi connectivity index (χ0) is 26.6. The molecule has 0 bridgehead atoms. The standard InChI is InChI=1S/C30H32N2O3S3/c1-3-35-29(34)26-22-12-8-5-9-13-24(22)37-28(26)32-27(33)18(2)36-30-23(17-31)21-15-14-20(16-25(21)38-30)19-10-6-4-7-11-19/h4,6-7,10-11,18,20H,3,5,8-9,12-16H2,1-2H3,(H,32,33). The Bertz CT molecular complexity index is 1370. The highest BCUT2D eigenvalue weighted by atomic mass is 32.2. The first kappa shape index (κ1) is 27.0. The molecule has 0 fully saturated rings. The molecule has 0 saturated heterocycles. The van der Waals surface area contributed by atoms with E-state index in [-0.39, 0.29) is 11.9 Å². The number of carbonyl (C=O) groups is 2. The molecule has 198 valence electrons. The quantitative estimate of drug-likeness (QED) is 0.182. The summed E-state index contributed by atoms with van der Waals surface area (Å²) in [4.78, 5) is 28.7. The number of ether oxygens (including phenoxy) is 1. The summed E-state index contributed by atoms with van der Waals surface area (Å²) < 4.78 is 6.28. The van der Waals surface area contributed by atoms with Crippen LogP contribution >= 0.6 is 34.4 Å². The maximum absolute atomic E-state index is 13.4. The minimum Gasteiger partial charge on any atom is -0.462 e. The lowest BCUT2D eigenvalue weighted by molar-refractivity contribution is -0.115. The van der Waals surface area contributed by atoms with Crippen LogP contribution in [-0.4, -0.2) is 23.7 Å². The van der Waals surface area contributed by atoms with Crippen LogP contribution in [0.3, 0.4) is 0 Å². The van der Waals surface area contributed by atoms with Crippen molar-refractivity contribution in [2.45, 2.75) is 80.6 Å². The summed E-state index contributed by atoms with van der Waals surface area (Å²) in [5, 5.41) is 13.2. The first-order valence-corrected chi connectivity index (χ1v) is 15.9. The second kappa shape index (κ2) is 12.1. The van der Waals surface area contributed by atoms with Gasteiger partial charge in [0.25, 0.3) is 0 Å². The summed E-state index contributed by atoms with van der Waals surface area (Å²) in [6.45, 7) is 3.97. The Labute approximate surface area is 236 Å². The predicted molar refractivity (Wildman–Crippen MR) is 156 cm³/mol. The number of anilines is 1. The van der Waals surface area contributed by atoms with Crippen LogP contribution in [0.1, 0.15) is 87.8 Å². The van der Waals surface area contributed by atoms with Gasteiger partial charge in [0, 0.05) is 9.75 Å². The lowest BCUT2D eigenvalue weighted by atomic mass is 9.83. The Morgan fingerprint density at radius 3 is 2.66 bits per heavy atom. The normalized spacial score (nSPS) is 17.4. The van der Waals surface area contributed by atoms with Crippen LogP contribution in [0, 0.1) is 11.3 Å². The molecule has 5 nitrogen and oxygen atoms in total. The van der Waals surface area contributed by atoms with Crippen molar-refractivity contribution in [1.82, 2.24) is 0 Å². The van der Waals surface area contributed by atoms with Gasteiger partial charge in [-0.2, -0.15) is 5.26 Å². The van der Waals surface area contributed by atoms with E-state index in [9.17, 15) is 14.9 Å². The van der Waals surface area contributed by atoms with E-state index in [2.05, 4.69) is 35.7 Å². The molecular formula is C30H32N2O3S3. The molecule has 8 heteroatoms. The number of fused-ring (bicyclic) bond motifs is 2. The molecular weight excluding hydrogens is 533 g/mol. The van der Waals surface area contributed by atoms with E-state index in [4.69, 9.17) is 4.74 Å². The summed E-state index contributed by atoms with van der Waals surface area (Å²) in [5.41, 5.74) is 4.82. The maximum atomic E-state index is 13.4. The van der Waals surface area contributed by atoms with E-state index in [0.29, 0.717) is 23.1 Å². The second-order valence-corrected chi connectivity index (χ2v) is 13.7. The smallest absolute Gasteiger partial charge is 0.341 e. The fraction of sp³-hybridized carbons (Fsp3) is 0.433. The highest BCUT2D eigenvalue weighted by Gasteiger charge is 2.30. The summed E-state index contributed by atoms with van der Waals surface area (Å²) >= 11 is 4.63. The lowest BCUT2D eigenvalue weighted by Gasteiger charge is -2.22. The summed E-state index contributed by atoms with van der Waals surface area (Å²) in [7, 11) is 0. The Hall–Kier alpha value is -2.60. The molecule has 2 aliphatic carbocycles. The number of nitriles is 1.